The Kier molecular flexibility index (Phi) is 4.11. The van der Waals surface area contributed by atoms with Crippen molar-refractivity contribution >= 4 is 21.4 Å². The van der Waals surface area contributed by atoms with Gasteiger partial charge in [0.2, 0.25) is 0 Å². The van der Waals surface area contributed by atoms with Crippen molar-refractivity contribution < 1.29 is 0 Å². The maximum Gasteiger partial charge on any atom is 0.0349 e. The van der Waals surface area contributed by atoms with Gasteiger partial charge in [0, 0.05) is 28.7 Å². The minimum Gasteiger partial charge on any atom is -0.315 e. The molecule has 1 saturated carbocycles. The number of fused-ring (bicyclic) bond motifs is 1. The fraction of sp³-hybridized carbons (Fsp3) is 0.529. The van der Waals surface area contributed by atoms with Crippen LogP contribution in [0.1, 0.15) is 30.2 Å². The molecule has 0 saturated heterocycles. The number of rotatable bonds is 6. The van der Waals surface area contributed by atoms with Crippen molar-refractivity contribution in [2.75, 3.05) is 14.1 Å². The number of nitrogens with one attached hydrogen (secondary N) is 1. The molecule has 2 aromatic rings. The van der Waals surface area contributed by atoms with Crippen molar-refractivity contribution in [1.82, 2.24) is 10.2 Å². The Hall–Kier alpha value is -0.900. The lowest BCUT2D eigenvalue weighted by Crippen LogP contribution is -2.30. The molecule has 1 fully saturated rings. The first-order chi connectivity index (χ1) is 9.70. The van der Waals surface area contributed by atoms with Crippen LogP contribution in [0, 0.1) is 5.92 Å². The average molecular weight is 288 g/mol. The lowest BCUT2D eigenvalue weighted by atomic mass is 10.1. The van der Waals surface area contributed by atoms with Gasteiger partial charge in [-0.3, -0.25) is 4.90 Å². The van der Waals surface area contributed by atoms with E-state index in [9.17, 15) is 0 Å². The van der Waals surface area contributed by atoms with Crippen molar-refractivity contribution in [3.8, 4) is 0 Å². The predicted octanol–water partition coefficient (Wildman–Crippen LogP) is 3.85. The van der Waals surface area contributed by atoms with Crippen molar-refractivity contribution in [3.05, 3.63) is 34.7 Å². The largest absolute Gasteiger partial charge is 0.315 e. The van der Waals surface area contributed by atoms with Gasteiger partial charge >= 0.3 is 0 Å². The highest BCUT2D eigenvalue weighted by Crippen LogP contribution is 2.37. The molecule has 108 valence electrons. The molecule has 1 unspecified atom stereocenters. The van der Waals surface area contributed by atoms with Crippen LogP contribution in [0.5, 0.6) is 0 Å². The summed E-state index contributed by atoms with van der Waals surface area (Å²) in [5.74, 6) is 0.928. The Bertz CT molecular complexity index is 586. The van der Waals surface area contributed by atoms with Gasteiger partial charge in [0.25, 0.3) is 0 Å². The molecule has 20 heavy (non-hydrogen) atoms. The van der Waals surface area contributed by atoms with E-state index in [4.69, 9.17) is 0 Å². The third-order valence-electron chi connectivity index (χ3n) is 4.53. The molecule has 3 heteroatoms. The van der Waals surface area contributed by atoms with E-state index >= 15 is 0 Å². The molecule has 1 aliphatic rings. The van der Waals surface area contributed by atoms with Gasteiger partial charge in [-0.2, -0.15) is 0 Å². The zero-order valence-corrected chi connectivity index (χ0v) is 13.5. The molecule has 1 heterocycles. The first kappa shape index (κ1) is 14.1. The van der Waals surface area contributed by atoms with Crippen LogP contribution in [-0.2, 0) is 13.1 Å². The summed E-state index contributed by atoms with van der Waals surface area (Å²) in [6.45, 7) is 4.42. The summed E-state index contributed by atoms with van der Waals surface area (Å²) in [6.07, 6.45) is 2.83. The van der Waals surface area contributed by atoms with E-state index in [2.05, 4.69) is 48.5 Å². The van der Waals surface area contributed by atoms with E-state index < -0.39 is 0 Å². The molecule has 1 aromatic heterocycles. The molecule has 1 N–H and O–H groups in total. The van der Waals surface area contributed by atoms with E-state index in [-0.39, 0.29) is 0 Å². The molecule has 0 bridgehead atoms. The molecule has 3 rings (SSSR count). The normalized spacial score (nSPS) is 17.0. The van der Waals surface area contributed by atoms with Crippen molar-refractivity contribution in [3.63, 3.8) is 0 Å². The van der Waals surface area contributed by atoms with Crippen LogP contribution < -0.4 is 5.32 Å². The fourth-order valence-corrected chi connectivity index (χ4v) is 4.19. The second-order valence-electron chi connectivity index (χ2n) is 6.02. The van der Waals surface area contributed by atoms with Crippen LogP contribution in [0.4, 0.5) is 0 Å². The van der Waals surface area contributed by atoms with Crippen LogP contribution in [0.15, 0.2) is 24.3 Å². The molecule has 1 aromatic carbocycles. The summed E-state index contributed by atoms with van der Waals surface area (Å²) >= 11 is 1.94. The van der Waals surface area contributed by atoms with E-state index in [0.717, 1.165) is 19.0 Å². The number of hydrogen-bond donors (Lipinski definition) is 1. The smallest absolute Gasteiger partial charge is 0.0349 e. The molecule has 0 radical (unpaired) electrons. The summed E-state index contributed by atoms with van der Waals surface area (Å²) in [7, 11) is 4.31. The standard InChI is InChI=1S/C17H24N2S/c1-12(13-8-9-13)19(3)11-15-14-6-4-5-7-16(14)20-17(15)10-18-2/h4-7,12-13,18H,8-11H2,1-3H3. The van der Waals surface area contributed by atoms with Crippen molar-refractivity contribution in [1.29, 1.82) is 0 Å². The Morgan fingerprint density at radius 3 is 2.80 bits per heavy atom. The van der Waals surface area contributed by atoms with E-state index in [1.807, 2.05) is 18.4 Å². The third-order valence-corrected chi connectivity index (χ3v) is 5.74. The van der Waals surface area contributed by atoms with Gasteiger partial charge in [0.15, 0.2) is 0 Å². The molecule has 1 aliphatic carbocycles. The minimum atomic E-state index is 0.705. The monoisotopic (exact) mass is 288 g/mol. The Balaban J connectivity index is 1.89. The lowest BCUT2D eigenvalue weighted by Gasteiger charge is -2.25. The molecule has 0 amide bonds. The number of nitrogens with zero attached hydrogens (tertiary/aromatic N) is 1. The van der Waals surface area contributed by atoms with Gasteiger partial charge in [0.05, 0.1) is 0 Å². The quantitative estimate of drug-likeness (QED) is 0.868. The zero-order chi connectivity index (χ0) is 14.1. The minimum absolute atomic E-state index is 0.705. The highest BCUT2D eigenvalue weighted by Gasteiger charge is 2.30. The van der Waals surface area contributed by atoms with E-state index in [1.54, 1.807) is 0 Å². The fourth-order valence-electron chi connectivity index (χ4n) is 2.96. The second kappa shape index (κ2) is 5.84. The highest BCUT2D eigenvalue weighted by atomic mass is 32.1. The molecule has 2 nitrogen and oxygen atoms in total. The Morgan fingerprint density at radius 1 is 1.35 bits per heavy atom. The van der Waals surface area contributed by atoms with Crippen LogP contribution in [0.2, 0.25) is 0 Å². The number of hydrogen-bond acceptors (Lipinski definition) is 3. The topological polar surface area (TPSA) is 15.3 Å². The molecule has 0 spiro atoms. The van der Waals surface area contributed by atoms with Crippen molar-refractivity contribution in [2.45, 2.75) is 38.9 Å². The maximum atomic E-state index is 3.31. The maximum absolute atomic E-state index is 3.31. The van der Waals surface area contributed by atoms with Crippen molar-refractivity contribution in [2.24, 2.45) is 5.92 Å². The molecule has 0 aliphatic heterocycles. The Labute approximate surface area is 125 Å². The van der Waals surface area contributed by atoms with Gasteiger partial charge in [-0.15, -0.1) is 11.3 Å². The van der Waals surface area contributed by atoms with Crippen LogP contribution >= 0.6 is 11.3 Å². The van der Waals surface area contributed by atoms with Crippen LogP contribution in [0.3, 0.4) is 0 Å². The van der Waals surface area contributed by atoms with Gasteiger partial charge in [0.1, 0.15) is 0 Å². The van der Waals surface area contributed by atoms with E-state index in [0.29, 0.717) is 6.04 Å². The molecular formula is C17H24N2S. The second-order valence-corrected chi connectivity index (χ2v) is 7.16. The summed E-state index contributed by atoms with van der Waals surface area (Å²) in [6, 6.07) is 9.52. The molecule has 1 atom stereocenters. The summed E-state index contributed by atoms with van der Waals surface area (Å²) < 4.78 is 1.42. The third kappa shape index (κ3) is 2.76. The average Bonchev–Trinajstić information content (AvgIpc) is 3.24. The number of benzene rings is 1. The summed E-state index contributed by atoms with van der Waals surface area (Å²) in [5.41, 5.74) is 1.52. The molecular weight excluding hydrogens is 264 g/mol. The number of thiophene rings is 1. The van der Waals surface area contributed by atoms with Gasteiger partial charge < -0.3 is 5.32 Å². The summed E-state index contributed by atoms with van der Waals surface area (Å²) in [4.78, 5) is 4.02. The SMILES string of the molecule is CNCc1sc2ccccc2c1CN(C)C(C)C1CC1. The zero-order valence-electron chi connectivity index (χ0n) is 12.6. The summed E-state index contributed by atoms with van der Waals surface area (Å²) in [5, 5.41) is 4.76. The highest BCUT2D eigenvalue weighted by molar-refractivity contribution is 7.19. The first-order valence-corrected chi connectivity index (χ1v) is 8.36. The first-order valence-electron chi connectivity index (χ1n) is 7.55. The van der Waals surface area contributed by atoms with Gasteiger partial charge in [-0.25, -0.2) is 0 Å². The van der Waals surface area contributed by atoms with Gasteiger partial charge in [-0.1, -0.05) is 18.2 Å². The predicted molar refractivity (Wildman–Crippen MR) is 88.2 cm³/mol. The Morgan fingerprint density at radius 2 is 2.10 bits per heavy atom. The lowest BCUT2D eigenvalue weighted by molar-refractivity contribution is 0.227. The van der Waals surface area contributed by atoms with Crippen LogP contribution in [-0.4, -0.2) is 25.0 Å². The van der Waals surface area contributed by atoms with Gasteiger partial charge in [-0.05, 0) is 56.8 Å². The van der Waals surface area contributed by atoms with E-state index in [1.165, 1.54) is 33.4 Å². The van der Waals surface area contributed by atoms with Crippen LogP contribution in [0.25, 0.3) is 10.1 Å².